The van der Waals surface area contributed by atoms with E-state index >= 15 is 0 Å². The molecule has 9 nitrogen and oxygen atoms in total. The van der Waals surface area contributed by atoms with Crippen molar-refractivity contribution in [3.8, 4) is 11.8 Å². The highest BCUT2D eigenvalue weighted by atomic mass is 16.5. The molecule has 1 aliphatic rings. The fourth-order valence-electron chi connectivity index (χ4n) is 3.59. The fraction of sp³-hybridized carbons (Fsp3) is 0.381. The molecule has 30 heavy (non-hydrogen) atoms. The molecule has 0 radical (unpaired) electrons. The van der Waals surface area contributed by atoms with Crippen LogP contribution in [-0.4, -0.2) is 56.6 Å². The van der Waals surface area contributed by atoms with Gasteiger partial charge in [-0.3, -0.25) is 14.6 Å². The topological polar surface area (TPSA) is 99.4 Å². The number of aromatic nitrogens is 4. The minimum absolute atomic E-state index is 0.150. The summed E-state index contributed by atoms with van der Waals surface area (Å²) in [6, 6.07) is 3.52. The summed E-state index contributed by atoms with van der Waals surface area (Å²) in [5.74, 6) is 0.403. The molecule has 0 aliphatic carbocycles. The van der Waals surface area contributed by atoms with Gasteiger partial charge in [0.15, 0.2) is 0 Å². The zero-order valence-electron chi connectivity index (χ0n) is 17.2. The average Bonchev–Trinajstić information content (AvgIpc) is 3.22. The number of pyridine rings is 2. The van der Waals surface area contributed by atoms with E-state index in [4.69, 9.17) is 9.47 Å². The third-order valence-corrected chi connectivity index (χ3v) is 5.15. The maximum absolute atomic E-state index is 13.1. The molecule has 1 aliphatic heterocycles. The molecule has 4 heterocycles. The highest BCUT2D eigenvalue weighted by Gasteiger charge is 2.30. The predicted octanol–water partition coefficient (Wildman–Crippen LogP) is 1.82. The Labute approximate surface area is 173 Å². The van der Waals surface area contributed by atoms with Crippen LogP contribution in [0.3, 0.4) is 0 Å². The molecule has 156 valence electrons. The molecule has 1 saturated heterocycles. The van der Waals surface area contributed by atoms with Gasteiger partial charge in [-0.25, -0.2) is 4.98 Å². The first-order valence-corrected chi connectivity index (χ1v) is 9.83. The van der Waals surface area contributed by atoms with E-state index in [1.165, 1.54) is 19.5 Å². The summed E-state index contributed by atoms with van der Waals surface area (Å²) in [7, 11) is 1.51. The first kappa shape index (κ1) is 19.8. The highest BCUT2D eigenvalue weighted by Crippen LogP contribution is 2.20. The molecule has 3 aromatic heterocycles. The summed E-state index contributed by atoms with van der Waals surface area (Å²) < 4.78 is 12.7. The molecule has 1 atom stereocenters. The Morgan fingerprint density at radius 3 is 2.80 bits per heavy atom. The molecule has 0 bridgehead atoms. The number of hydrogen-bond acceptors (Lipinski definition) is 7. The van der Waals surface area contributed by atoms with Crippen LogP contribution in [0.5, 0.6) is 11.8 Å². The van der Waals surface area contributed by atoms with E-state index in [1.54, 1.807) is 23.2 Å². The Bertz CT molecular complexity index is 1160. The lowest BCUT2D eigenvalue weighted by Crippen LogP contribution is -2.34. The number of rotatable bonds is 5. The van der Waals surface area contributed by atoms with Gasteiger partial charge in [-0.1, -0.05) is 0 Å². The lowest BCUT2D eigenvalue weighted by molar-refractivity contribution is 0.0769. The minimum Gasteiger partial charge on any atom is -0.480 e. The molecular weight excluding hydrogens is 386 g/mol. The molecule has 1 fully saturated rings. The second-order valence-corrected chi connectivity index (χ2v) is 7.16. The van der Waals surface area contributed by atoms with Crippen LogP contribution in [0.1, 0.15) is 29.4 Å². The minimum atomic E-state index is -0.299. The molecule has 4 rings (SSSR count). The van der Waals surface area contributed by atoms with Gasteiger partial charge < -0.3 is 18.9 Å². The quantitative estimate of drug-likeness (QED) is 0.634. The zero-order valence-corrected chi connectivity index (χ0v) is 17.2. The normalized spacial score (nSPS) is 16.1. The van der Waals surface area contributed by atoms with Crippen molar-refractivity contribution < 1.29 is 14.3 Å². The number of methoxy groups -OCH3 is 1. The molecule has 0 N–H and O–H groups in total. The third kappa shape index (κ3) is 3.70. The molecular formula is C21H23N5O4. The number of aryl methyl sites for hydroxylation is 2. The van der Waals surface area contributed by atoms with Gasteiger partial charge >= 0.3 is 0 Å². The lowest BCUT2D eigenvalue weighted by atomic mass is 10.1. The number of carbonyl (C=O) groups is 1. The van der Waals surface area contributed by atoms with Crippen LogP contribution in [0.2, 0.25) is 0 Å². The molecule has 0 saturated carbocycles. The summed E-state index contributed by atoms with van der Waals surface area (Å²) in [6.07, 6.45) is 5.02. The van der Waals surface area contributed by atoms with Crippen molar-refractivity contribution in [2.24, 2.45) is 0 Å². The number of hydrogen-bond donors (Lipinski definition) is 0. The van der Waals surface area contributed by atoms with Gasteiger partial charge in [0.25, 0.3) is 5.91 Å². The highest BCUT2D eigenvalue weighted by molar-refractivity contribution is 5.97. The number of carbonyl (C=O) groups excluding carboxylic acids is 1. The second-order valence-electron chi connectivity index (χ2n) is 7.16. The SMILES string of the molecule is CCn1cc(C(=O)N2CCC(Oc3cncc(OC)n3)C2)c(=O)c2ccc(C)nc21. The Morgan fingerprint density at radius 2 is 2.03 bits per heavy atom. The zero-order chi connectivity index (χ0) is 21.3. The van der Waals surface area contributed by atoms with E-state index in [-0.39, 0.29) is 23.0 Å². The summed E-state index contributed by atoms with van der Waals surface area (Å²) in [4.78, 5) is 40.4. The largest absolute Gasteiger partial charge is 0.480 e. The van der Waals surface area contributed by atoms with Crippen molar-refractivity contribution in [3.05, 3.63) is 52.2 Å². The van der Waals surface area contributed by atoms with Gasteiger partial charge in [0.1, 0.15) is 17.3 Å². The number of nitrogens with zero attached hydrogens (tertiary/aromatic N) is 5. The monoisotopic (exact) mass is 409 g/mol. The average molecular weight is 409 g/mol. The molecule has 1 unspecified atom stereocenters. The van der Waals surface area contributed by atoms with Gasteiger partial charge in [0.2, 0.25) is 17.2 Å². The van der Waals surface area contributed by atoms with Crippen LogP contribution in [0.15, 0.2) is 35.5 Å². The Kier molecular flexibility index (Phi) is 5.35. The predicted molar refractivity (Wildman–Crippen MR) is 110 cm³/mol. The van der Waals surface area contributed by atoms with E-state index in [0.29, 0.717) is 48.8 Å². The van der Waals surface area contributed by atoms with Gasteiger partial charge in [0, 0.05) is 31.4 Å². The first-order valence-electron chi connectivity index (χ1n) is 9.83. The van der Waals surface area contributed by atoms with E-state index in [2.05, 4.69) is 15.0 Å². The van der Waals surface area contributed by atoms with Crippen LogP contribution < -0.4 is 14.9 Å². The number of likely N-dealkylation sites (tertiary alicyclic amines) is 1. The van der Waals surface area contributed by atoms with Crippen molar-refractivity contribution in [3.63, 3.8) is 0 Å². The van der Waals surface area contributed by atoms with Crippen LogP contribution in [0, 0.1) is 6.92 Å². The maximum Gasteiger partial charge on any atom is 0.259 e. The van der Waals surface area contributed by atoms with E-state index in [1.807, 2.05) is 18.4 Å². The Balaban J connectivity index is 1.56. The Morgan fingerprint density at radius 1 is 1.23 bits per heavy atom. The fourth-order valence-corrected chi connectivity index (χ4v) is 3.59. The first-order chi connectivity index (χ1) is 14.5. The van der Waals surface area contributed by atoms with Gasteiger partial charge in [-0.2, -0.15) is 4.98 Å². The van der Waals surface area contributed by atoms with Crippen molar-refractivity contribution in [1.29, 1.82) is 0 Å². The van der Waals surface area contributed by atoms with Gasteiger partial charge in [0.05, 0.1) is 31.4 Å². The van der Waals surface area contributed by atoms with Crippen molar-refractivity contribution >= 4 is 16.9 Å². The Hall–Kier alpha value is -3.49. The molecule has 3 aromatic rings. The maximum atomic E-state index is 13.1. The summed E-state index contributed by atoms with van der Waals surface area (Å²) in [5, 5.41) is 0.451. The van der Waals surface area contributed by atoms with E-state index in [9.17, 15) is 9.59 Å². The summed E-state index contributed by atoms with van der Waals surface area (Å²) in [6.45, 7) is 5.30. The van der Waals surface area contributed by atoms with Crippen molar-refractivity contribution in [2.45, 2.75) is 32.9 Å². The smallest absolute Gasteiger partial charge is 0.259 e. The number of amides is 1. The molecule has 9 heteroatoms. The third-order valence-electron chi connectivity index (χ3n) is 5.15. The molecule has 0 spiro atoms. The van der Waals surface area contributed by atoms with Crippen LogP contribution in [0.4, 0.5) is 0 Å². The van der Waals surface area contributed by atoms with Gasteiger partial charge in [-0.15, -0.1) is 0 Å². The standard InChI is InChI=1S/C21H23N5O4/c1-4-25-12-16(19(27)15-6-5-13(2)23-20(15)25)21(28)26-8-7-14(11-26)30-18-10-22-9-17(24-18)29-3/h5-6,9-10,12,14H,4,7-8,11H2,1-3H3. The van der Waals surface area contributed by atoms with Crippen LogP contribution in [-0.2, 0) is 6.54 Å². The van der Waals surface area contributed by atoms with Gasteiger partial charge in [-0.05, 0) is 26.0 Å². The number of ether oxygens (including phenoxy) is 2. The van der Waals surface area contributed by atoms with Crippen LogP contribution >= 0.6 is 0 Å². The number of fused-ring (bicyclic) bond motifs is 1. The van der Waals surface area contributed by atoms with E-state index < -0.39 is 0 Å². The van der Waals surface area contributed by atoms with Crippen molar-refractivity contribution in [1.82, 2.24) is 24.4 Å². The molecule has 1 amide bonds. The van der Waals surface area contributed by atoms with E-state index in [0.717, 1.165) is 5.69 Å². The summed E-state index contributed by atoms with van der Waals surface area (Å²) in [5.41, 5.74) is 1.27. The van der Waals surface area contributed by atoms with Crippen LogP contribution in [0.25, 0.3) is 11.0 Å². The lowest BCUT2D eigenvalue weighted by Gasteiger charge is -2.18. The summed E-state index contributed by atoms with van der Waals surface area (Å²) >= 11 is 0. The second kappa shape index (κ2) is 8.10. The molecule has 0 aromatic carbocycles. The van der Waals surface area contributed by atoms with Crippen molar-refractivity contribution in [2.75, 3.05) is 20.2 Å².